The van der Waals surface area contributed by atoms with Crippen LogP contribution in [0.5, 0.6) is 5.75 Å². The third kappa shape index (κ3) is 5.51. The number of urea groups is 1. The van der Waals surface area contributed by atoms with Crippen molar-refractivity contribution in [3.05, 3.63) is 28.2 Å². The van der Waals surface area contributed by atoms with Crippen molar-refractivity contribution in [1.82, 2.24) is 15.1 Å². The van der Waals surface area contributed by atoms with E-state index in [1.54, 1.807) is 17.0 Å². The first-order valence-corrected chi connectivity index (χ1v) is 9.84. The number of aliphatic hydroxyl groups excluding tert-OH is 1. The van der Waals surface area contributed by atoms with Crippen molar-refractivity contribution in [3.63, 3.8) is 0 Å². The number of halogens is 2. The second-order valence-corrected chi connectivity index (χ2v) is 7.53. The highest BCUT2D eigenvalue weighted by Crippen LogP contribution is 2.27. The number of benzene rings is 1. The van der Waals surface area contributed by atoms with Crippen LogP contribution in [0, 0.1) is 0 Å². The number of hydrogen-bond acceptors (Lipinski definition) is 6. The highest BCUT2D eigenvalue weighted by Gasteiger charge is 2.40. The van der Waals surface area contributed by atoms with E-state index < -0.39 is 24.1 Å². The average Bonchev–Trinajstić information content (AvgIpc) is 2.96. The van der Waals surface area contributed by atoms with Crippen LogP contribution in [0.25, 0.3) is 0 Å². The molecule has 2 heterocycles. The Morgan fingerprint density at radius 2 is 2.03 bits per heavy atom. The zero-order valence-electron chi connectivity index (χ0n) is 15.5. The standard InChI is InChI=1S/C18H21Cl2N3O6/c19-11-1-2-13(20)15(7-11)29-10-12(24)9-23-17(26)14(21-18(23)27)8-16(25)22-3-5-28-6-4-22/h1-2,7,12,14,24H,3-6,8-10H2,(H,21,27)/t12-,14-/m0/s1. The first-order valence-electron chi connectivity index (χ1n) is 9.08. The fourth-order valence-electron chi connectivity index (χ4n) is 3.04. The maximum absolute atomic E-state index is 12.5. The van der Waals surface area contributed by atoms with E-state index in [-0.39, 0.29) is 31.2 Å². The van der Waals surface area contributed by atoms with Gasteiger partial charge in [0.15, 0.2) is 0 Å². The third-order valence-corrected chi connectivity index (χ3v) is 5.11. The minimum Gasteiger partial charge on any atom is -0.489 e. The van der Waals surface area contributed by atoms with Crippen LogP contribution in [0.1, 0.15) is 6.42 Å². The lowest BCUT2D eigenvalue weighted by Crippen LogP contribution is -2.44. The number of ether oxygens (including phenoxy) is 2. The number of hydrogen-bond donors (Lipinski definition) is 2. The molecule has 2 aliphatic rings. The van der Waals surface area contributed by atoms with Gasteiger partial charge in [-0.05, 0) is 12.1 Å². The van der Waals surface area contributed by atoms with E-state index in [9.17, 15) is 19.5 Å². The molecule has 0 unspecified atom stereocenters. The topological polar surface area (TPSA) is 108 Å². The fourth-order valence-corrected chi connectivity index (χ4v) is 3.38. The quantitative estimate of drug-likeness (QED) is 0.603. The molecule has 2 fully saturated rings. The summed E-state index contributed by atoms with van der Waals surface area (Å²) >= 11 is 11.9. The summed E-state index contributed by atoms with van der Waals surface area (Å²) in [6, 6.07) is 3.04. The Hall–Kier alpha value is -2.07. The lowest BCUT2D eigenvalue weighted by molar-refractivity contribution is -0.138. The van der Waals surface area contributed by atoms with Gasteiger partial charge in [0, 0.05) is 24.2 Å². The highest BCUT2D eigenvalue weighted by atomic mass is 35.5. The molecule has 2 saturated heterocycles. The summed E-state index contributed by atoms with van der Waals surface area (Å²) in [6.45, 7) is 1.34. The predicted octanol–water partition coefficient (Wildman–Crippen LogP) is 0.902. The van der Waals surface area contributed by atoms with Gasteiger partial charge in [0.1, 0.15) is 24.5 Å². The molecule has 0 radical (unpaired) electrons. The van der Waals surface area contributed by atoms with Crippen molar-refractivity contribution in [2.24, 2.45) is 0 Å². The van der Waals surface area contributed by atoms with Crippen LogP contribution in [0.2, 0.25) is 10.0 Å². The van der Waals surface area contributed by atoms with Gasteiger partial charge >= 0.3 is 6.03 Å². The summed E-state index contributed by atoms with van der Waals surface area (Å²) in [5.41, 5.74) is 0. The normalized spacial score (nSPS) is 20.6. The SMILES string of the molecule is O=C(C[C@@H]1NC(=O)N(C[C@H](O)COc2cc(Cl)ccc2Cl)C1=O)N1CCOCC1. The Bertz CT molecular complexity index is 787. The number of rotatable bonds is 7. The molecule has 1 aromatic carbocycles. The van der Waals surface area contributed by atoms with Crippen LogP contribution in [-0.4, -0.2) is 84.4 Å². The van der Waals surface area contributed by atoms with Gasteiger partial charge in [0.2, 0.25) is 5.91 Å². The maximum Gasteiger partial charge on any atom is 0.324 e. The lowest BCUT2D eigenvalue weighted by Gasteiger charge is -2.27. The minimum absolute atomic E-state index is 0.133. The Kier molecular flexibility index (Phi) is 7.18. The van der Waals surface area contributed by atoms with Gasteiger partial charge in [0.25, 0.3) is 5.91 Å². The van der Waals surface area contributed by atoms with Gasteiger partial charge < -0.3 is 24.8 Å². The predicted molar refractivity (Wildman–Crippen MR) is 104 cm³/mol. The van der Waals surface area contributed by atoms with E-state index >= 15 is 0 Å². The number of β-amino-alcohol motifs (C(OH)–C–C–N with tert-alkyl or cyclic N) is 1. The van der Waals surface area contributed by atoms with Crippen LogP contribution in [-0.2, 0) is 14.3 Å². The number of carbonyl (C=O) groups is 3. The van der Waals surface area contributed by atoms with Gasteiger partial charge in [-0.3, -0.25) is 14.5 Å². The fraction of sp³-hybridized carbons (Fsp3) is 0.500. The smallest absolute Gasteiger partial charge is 0.324 e. The van der Waals surface area contributed by atoms with Crippen molar-refractivity contribution in [2.45, 2.75) is 18.6 Å². The number of nitrogens with zero attached hydrogens (tertiary/aromatic N) is 2. The molecule has 158 valence electrons. The second-order valence-electron chi connectivity index (χ2n) is 6.69. The van der Waals surface area contributed by atoms with Gasteiger partial charge in [-0.25, -0.2) is 4.79 Å². The molecule has 0 aromatic heterocycles. The molecule has 0 aliphatic carbocycles. The number of carbonyl (C=O) groups excluding carboxylic acids is 3. The number of nitrogens with one attached hydrogen (secondary N) is 1. The molecule has 3 rings (SSSR count). The molecule has 4 amide bonds. The Labute approximate surface area is 177 Å². The lowest BCUT2D eigenvalue weighted by atomic mass is 10.1. The van der Waals surface area contributed by atoms with E-state index in [0.717, 1.165) is 4.90 Å². The van der Waals surface area contributed by atoms with Crippen molar-refractivity contribution < 1.29 is 29.0 Å². The van der Waals surface area contributed by atoms with Crippen molar-refractivity contribution in [3.8, 4) is 5.75 Å². The van der Waals surface area contributed by atoms with E-state index in [4.69, 9.17) is 32.7 Å². The molecular weight excluding hydrogens is 425 g/mol. The Morgan fingerprint density at radius 3 is 2.76 bits per heavy atom. The Morgan fingerprint density at radius 1 is 1.31 bits per heavy atom. The monoisotopic (exact) mass is 445 g/mol. The van der Waals surface area contributed by atoms with Gasteiger partial charge in [-0.1, -0.05) is 23.2 Å². The number of aliphatic hydroxyl groups is 1. The van der Waals surface area contributed by atoms with Crippen LogP contribution >= 0.6 is 23.2 Å². The molecule has 1 aromatic rings. The van der Waals surface area contributed by atoms with Gasteiger partial charge in [-0.2, -0.15) is 0 Å². The molecular formula is C18H21Cl2N3O6. The number of morpholine rings is 1. The molecule has 0 saturated carbocycles. The molecule has 11 heteroatoms. The van der Waals surface area contributed by atoms with Crippen molar-refractivity contribution >= 4 is 41.0 Å². The Balaban J connectivity index is 1.51. The van der Waals surface area contributed by atoms with Crippen molar-refractivity contribution in [1.29, 1.82) is 0 Å². The number of amides is 4. The minimum atomic E-state index is -1.14. The van der Waals surface area contributed by atoms with Crippen LogP contribution in [0.15, 0.2) is 18.2 Å². The van der Waals surface area contributed by atoms with Crippen LogP contribution < -0.4 is 10.1 Å². The summed E-state index contributed by atoms with van der Waals surface area (Å²) < 4.78 is 10.6. The zero-order valence-corrected chi connectivity index (χ0v) is 17.0. The summed E-state index contributed by atoms with van der Waals surface area (Å²) in [5.74, 6) is -0.505. The molecule has 2 N–H and O–H groups in total. The molecule has 29 heavy (non-hydrogen) atoms. The molecule has 9 nitrogen and oxygen atoms in total. The maximum atomic E-state index is 12.5. The third-order valence-electron chi connectivity index (χ3n) is 4.57. The van der Waals surface area contributed by atoms with Crippen molar-refractivity contribution in [2.75, 3.05) is 39.5 Å². The van der Waals surface area contributed by atoms with E-state index in [0.29, 0.717) is 36.3 Å². The van der Waals surface area contributed by atoms with Crippen LogP contribution in [0.4, 0.5) is 4.79 Å². The van der Waals surface area contributed by atoms with E-state index in [2.05, 4.69) is 5.32 Å². The van der Waals surface area contributed by atoms with E-state index in [1.807, 2.05) is 0 Å². The first kappa shape index (κ1) is 21.6. The first-order chi connectivity index (χ1) is 13.8. The highest BCUT2D eigenvalue weighted by molar-refractivity contribution is 6.34. The molecule has 2 aliphatic heterocycles. The second kappa shape index (κ2) is 9.62. The molecule has 0 spiro atoms. The zero-order chi connectivity index (χ0) is 21.0. The summed E-state index contributed by atoms with van der Waals surface area (Å²) in [6.07, 6.45) is -1.28. The molecule has 0 bridgehead atoms. The van der Waals surface area contributed by atoms with Gasteiger partial charge in [-0.15, -0.1) is 0 Å². The summed E-state index contributed by atoms with van der Waals surface area (Å²) in [7, 11) is 0. The summed E-state index contributed by atoms with van der Waals surface area (Å²) in [5, 5.41) is 13.4. The van der Waals surface area contributed by atoms with Gasteiger partial charge in [0.05, 0.1) is 31.2 Å². The largest absolute Gasteiger partial charge is 0.489 e. The van der Waals surface area contributed by atoms with Crippen LogP contribution in [0.3, 0.4) is 0 Å². The summed E-state index contributed by atoms with van der Waals surface area (Å²) in [4.78, 5) is 39.4. The molecule has 2 atom stereocenters. The number of imide groups is 1. The van der Waals surface area contributed by atoms with E-state index in [1.165, 1.54) is 6.07 Å². The average molecular weight is 446 g/mol.